The number of fused-ring (bicyclic) bond motifs is 1. The molecule has 9 heteroatoms. The van der Waals surface area contributed by atoms with Crippen LogP contribution in [0.25, 0.3) is 5.82 Å². The van der Waals surface area contributed by atoms with Crippen LogP contribution in [0.5, 0.6) is 11.5 Å². The third-order valence-corrected chi connectivity index (χ3v) is 4.81. The normalized spacial score (nSPS) is 15.0. The summed E-state index contributed by atoms with van der Waals surface area (Å²) in [6, 6.07) is 1.85. The average molecular weight is 381 g/mol. The van der Waals surface area contributed by atoms with Crippen LogP contribution in [0.3, 0.4) is 0 Å². The van der Waals surface area contributed by atoms with Gasteiger partial charge in [0.15, 0.2) is 23.1 Å². The van der Waals surface area contributed by atoms with Gasteiger partial charge in [-0.05, 0) is 20.8 Å². The number of aryl methyl sites for hydroxylation is 1. The van der Waals surface area contributed by atoms with Crippen LogP contribution < -0.4 is 19.7 Å². The van der Waals surface area contributed by atoms with Gasteiger partial charge in [0.2, 0.25) is 5.95 Å². The maximum absolute atomic E-state index is 5.78. The molecule has 0 aromatic carbocycles. The second-order valence-corrected chi connectivity index (χ2v) is 7.34. The number of nitrogens with one attached hydrogen (secondary N) is 1. The molecule has 0 bridgehead atoms. The highest BCUT2D eigenvalue weighted by Crippen LogP contribution is 2.35. The highest BCUT2D eigenvalue weighted by Gasteiger charge is 2.33. The van der Waals surface area contributed by atoms with E-state index in [2.05, 4.69) is 44.0 Å². The minimum Gasteiger partial charge on any atom is -0.493 e. The van der Waals surface area contributed by atoms with Gasteiger partial charge >= 0.3 is 0 Å². The van der Waals surface area contributed by atoms with Gasteiger partial charge in [-0.1, -0.05) is 0 Å². The third kappa shape index (κ3) is 3.19. The second kappa shape index (κ2) is 6.66. The fraction of sp³-hybridized carbons (Fsp3) is 0.368. The van der Waals surface area contributed by atoms with E-state index < -0.39 is 0 Å². The van der Waals surface area contributed by atoms with Crippen LogP contribution in [-0.4, -0.2) is 50.8 Å². The zero-order valence-electron chi connectivity index (χ0n) is 16.6. The van der Waals surface area contributed by atoms with Gasteiger partial charge in [-0.25, -0.2) is 15.0 Å². The Hall–Kier alpha value is -3.36. The van der Waals surface area contributed by atoms with E-state index in [1.54, 1.807) is 25.8 Å². The molecule has 1 aliphatic rings. The summed E-state index contributed by atoms with van der Waals surface area (Å²) in [5, 5.41) is 3.19. The molecule has 0 aliphatic carbocycles. The van der Waals surface area contributed by atoms with E-state index in [0.717, 1.165) is 17.2 Å². The molecule has 0 spiro atoms. The summed E-state index contributed by atoms with van der Waals surface area (Å²) in [5.41, 5.74) is 1.48. The molecule has 0 saturated heterocycles. The number of anilines is 3. The van der Waals surface area contributed by atoms with E-state index in [4.69, 9.17) is 9.47 Å². The Balaban J connectivity index is 1.62. The van der Waals surface area contributed by atoms with Gasteiger partial charge < -0.3 is 19.7 Å². The van der Waals surface area contributed by atoms with Crippen molar-refractivity contribution in [1.82, 2.24) is 24.5 Å². The Morgan fingerprint density at radius 3 is 2.71 bits per heavy atom. The van der Waals surface area contributed by atoms with Crippen LogP contribution in [0.4, 0.5) is 17.5 Å². The molecule has 0 unspecified atom stereocenters. The number of nitrogens with zero attached hydrogens (tertiary/aromatic N) is 6. The molecule has 0 radical (unpaired) electrons. The van der Waals surface area contributed by atoms with E-state index in [0.29, 0.717) is 29.9 Å². The smallest absolute Gasteiger partial charge is 0.229 e. The maximum atomic E-state index is 5.78. The van der Waals surface area contributed by atoms with Crippen LogP contribution >= 0.6 is 0 Å². The topological polar surface area (TPSA) is 90.2 Å². The number of aromatic nitrogens is 5. The monoisotopic (exact) mass is 381 g/mol. The van der Waals surface area contributed by atoms with Crippen LogP contribution in [0.15, 0.2) is 31.0 Å². The number of likely N-dealkylation sites (N-methyl/N-ethyl adjacent to an activating group) is 1. The van der Waals surface area contributed by atoms with E-state index in [9.17, 15) is 0 Å². The molecule has 3 aromatic heterocycles. The Morgan fingerprint density at radius 1 is 1.18 bits per heavy atom. The van der Waals surface area contributed by atoms with E-state index >= 15 is 0 Å². The molecule has 146 valence electrons. The second-order valence-electron chi connectivity index (χ2n) is 7.34. The first-order chi connectivity index (χ1) is 13.4. The fourth-order valence-electron chi connectivity index (χ4n) is 2.92. The Kier molecular flexibility index (Phi) is 4.29. The first-order valence-corrected chi connectivity index (χ1v) is 8.93. The summed E-state index contributed by atoms with van der Waals surface area (Å²) in [6.07, 6.45) is 6.99. The van der Waals surface area contributed by atoms with Gasteiger partial charge in [0.25, 0.3) is 0 Å². The number of hydrogen-bond donors (Lipinski definition) is 1. The lowest BCUT2D eigenvalue weighted by atomic mass is 10.0. The van der Waals surface area contributed by atoms with Crippen molar-refractivity contribution in [3.05, 3.63) is 36.7 Å². The van der Waals surface area contributed by atoms with Crippen LogP contribution in [0.2, 0.25) is 0 Å². The minimum absolute atomic E-state index is 0.145. The summed E-state index contributed by atoms with van der Waals surface area (Å²) in [5.74, 6) is 3.16. The quantitative estimate of drug-likeness (QED) is 0.738. The van der Waals surface area contributed by atoms with E-state index in [-0.39, 0.29) is 5.54 Å². The molecular formula is C19H23N7O2. The first kappa shape index (κ1) is 18.0. The van der Waals surface area contributed by atoms with Gasteiger partial charge in [0.1, 0.15) is 12.9 Å². The van der Waals surface area contributed by atoms with Crippen molar-refractivity contribution in [1.29, 1.82) is 0 Å². The van der Waals surface area contributed by atoms with Crippen molar-refractivity contribution >= 4 is 17.5 Å². The molecule has 4 heterocycles. The van der Waals surface area contributed by atoms with Crippen molar-refractivity contribution in [2.24, 2.45) is 0 Å². The van der Waals surface area contributed by atoms with Crippen LogP contribution in [0.1, 0.15) is 19.5 Å². The molecule has 0 fully saturated rings. The summed E-state index contributed by atoms with van der Waals surface area (Å²) < 4.78 is 13.1. The molecule has 0 saturated carbocycles. The number of rotatable bonds is 4. The van der Waals surface area contributed by atoms with E-state index in [1.807, 2.05) is 30.8 Å². The number of pyridine rings is 1. The van der Waals surface area contributed by atoms with Crippen molar-refractivity contribution < 1.29 is 9.47 Å². The number of imidazole rings is 1. The van der Waals surface area contributed by atoms with Crippen molar-refractivity contribution in [3.63, 3.8) is 0 Å². The third-order valence-electron chi connectivity index (χ3n) is 4.81. The maximum Gasteiger partial charge on any atom is 0.229 e. The lowest BCUT2D eigenvalue weighted by Gasteiger charge is -2.40. The van der Waals surface area contributed by atoms with Gasteiger partial charge in [-0.3, -0.25) is 4.57 Å². The Bertz CT molecular complexity index is 1020. The number of methoxy groups -OCH3 is 1. The van der Waals surface area contributed by atoms with Crippen molar-refractivity contribution in [2.75, 3.05) is 31.0 Å². The summed E-state index contributed by atoms with van der Waals surface area (Å²) in [4.78, 5) is 19.8. The SMILES string of the molecule is COc1cc(Nc2ncc3c(n2)N(C)C(C)(C)CO3)cnc1-n1cnc(C)c1. The number of ether oxygens (including phenoxy) is 2. The highest BCUT2D eigenvalue weighted by molar-refractivity contribution is 5.62. The van der Waals surface area contributed by atoms with Gasteiger partial charge in [-0.2, -0.15) is 4.98 Å². The van der Waals surface area contributed by atoms with Gasteiger partial charge in [0.05, 0.1) is 36.4 Å². The predicted molar refractivity (Wildman–Crippen MR) is 106 cm³/mol. The zero-order chi connectivity index (χ0) is 19.9. The lowest BCUT2D eigenvalue weighted by Crippen LogP contribution is -2.49. The van der Waals surface area contributed by atoms with Crippen molar-refractivity contribution in [2.45, 2.75) is 26.3 Å². The summed E-state index contributed by atoms with van der Waals surface area (Å²) in [7, 11) is 3.61. The highest BCUT2D eigenvalue weighted by atomic mass is 16.5. The molecule has 3 aromatic rings. The Labute approximate surface area is 163 Å². The average Bonchev–Trinajstić information content (AvgIpc) is 3.11. The predicted octanol–water partition coefficient (Wildman–Crippen LogP) is 2.73. The molecule has 1 N–H and O–H groups in total. The molecule has 28 heavy (non-hydrogen) atoms. The number of hydrogen-bond acceptors (Lipinski definition) is 8. The molecule has 0 atom stereocenters. The van der Waals surface area contributed by atoms with Crippen LogP contribution in [0, 0.1) is 6.92 Å². The molecule has 9 nitrogen and oxygen atoms in total. The summed E-state index contributed by atoms with van der Waals surface area (Å²) in [6.45, 7) is 6.73. The Morgan fingerprint density at radius 2 is 2.00 bits per heavy atom. The largest absolute Gasteiger partial charge is 0.493 e. The standard InChI is InChI=1S/C19H23N7O2/c1-12-9-26(11-22-12)16-14(27-5)6-13(7-20-16)23-18-21-8-15-17(24-18)25(4)19(2,3)10-28-15/h6-9,11H,10H2,1-5H3,(H,21,23,24). The lowest BCUT2D eigenvalue weighted by molar-refractivity contribution is 0.215. The van der Waals surface area contributed by atoms with Crippen LogP contribution in [-0.2, 0) is 0 Å². The fourth-order valence-corrected chi connectivity index (χ4v) is 2.92. The van der Waals surface area contributed by atoms with Crippen molar-refractivity contribution in [3.8, 4) is 17.3 Å². The molecule has 0 amide bonds. The zero-order valence-corrected chi connectivity index (χ0v) is 16.6. The summed E-state index contributed by atoms with van der Waals surface area (Å²) >= 11 is 0. The molecule has 1 aliphatic heterocycles. The molecule has 4 rings (SSSR count). The van der Waals surface area contributed by atoms with E-state index in [1.165, 1.54) is 0 Å². The van der Waals surface area contributed by atoms with Gasteiger partial charge in [0, 0.05) is 19.3 Å². The molecular weight excluding hydrogens is 358 g/mol. The first-order valence-electron chi connectivity index (χ1n) is 8.93. The van der Waals surface area contributed by atoms with Gasteiger partial charge in [-0.15, -0.1) is 0 Å². The minimum atomic E-state index is -0.145.